The van der Waals surface area contributed by atoms with E-state index in [0.29, 0.717) is 5.96 Å². The van der Waals surface area contributed by atoms with Gasteiger partial charge < -0.3 is 11.1 Å². The van der Waals surface area contributed by atoms with Gasteiger partial charge in [-0.15, -0.1) is 24.0 Å². The Morgan fingerprint density at radius 3 is 2.83 bits per heavy atom. The van der Waals surface area contributed by atoms with Crippen LogP contribution < -0.4 is 11.1 Å². The summed E-state index contributed by atoms with van der Waals surface area (Å²) in [5.74, 6) is 1.69. The van der Waals surface area contributed by atoms with Crippen molar-refractivity contribution in [3.05, 3.63) is 29.8 Å². The van der Waals surface area contributed by atoms with Crippen molar-refractivity contribution in [1.82, 2.24) is 0 Å². The van der Waals surface area contributed by atoms with Crippen molar-refractivity contribution in [3.63, 3.8) is 0 Å². The lowest BCUT2D eigenvalue weighted by Gasteiger charge is -2.06. The molecule has 0 fully saturated rings. The summed E-state index contributed by atoms with van der Waals surface area (Å²) in [6.45, 7) is 2.85. The molecule has 0 saturated heterocycles. The van der Waals surface area contributed by atoms with Gasteiger partial charge in [0.05, 0.1) is 0 Å². The summed E-state index contributed by atoms with van der Waals surface area (Å²) in [5, 5.41) is 3.10. The van der Waals surface area contributed by atoms with Gasteiger partial charge >= 0.3 is 0 Å². The van der Waals surface area contributed by atoms with Crippen molar-refractivity contribution in [2.75, 3.05) is 23.9 Å². The Balaban J connectivity index is 0.00000289. The minimum absolute atomic E-state index is 0. The van der Waals surface area contributed by atoms with Crippen LogP contribution in [0.4, 0.5) is 5.69 Å². The van der Waals surface area contributed by atoms with Crippen LogP contribution in [-0.2, 0) is 0 Å². The minimum Gasteiger partial charge on any atom is -0.370 e. The average molecular weight is 379 g/mol. The Labute approximate surface area is 131 Å². The zero-order chi connectivity index (χ0) is 12.5. The Hall–Kier alpha value is -0.430. The number of aryl methyl sites for hydroxylation is 1. The van der Waals surface area contributed by atoms with Gasteiger partial charge in [0.1, 0.15) is 0 Å². The maximum Gasteiger partial charge on any atom is 0.193 e. The summed E-state index contributed by atoms with van der Waals surface area (Å²) in [6.07, 6.45) is 4.41. The summed E-state index contributed by atoms with van der Waals surface area (Å²) < 4.78 is 0. The van der Waals surface area contributed by atoms with E-state index in [2.05, 4.69) is 35.6 Å². The van der Waals surface area contributed by atoms with Crippen LogP contribution in [0.2, 0.25) is 0 Å². The molecular formula is C13H22IN3S. The van der Waals surface area contributed by atoms with Gasteiger partial charge in [-0.3, -0.25) is 4.99 Å². The predicted octanol–water partition coefficient (Wildman–Crippen LogP) is 3.48. The van der Waals surface area contributed by atoms with Crippen LogP contribution in [0.5, 0.6) is 0 Å². The first-order valence-electron chi connectivity index (χ1n) is 5.85. The van der Waals surface area contributed by atoms with E-state index in [0.717, 1.165) is 18.7 Å². The van der Waals surface area contributed by atoms with Crippen LogP contribution in [0.3, 0.4) is 0 Å². The second-order valence-electron chi connectivity index (χ2n) is 3.96. The number of nitrogens with two attached hydrogens (primary N) is 1. The second-order valence-corrected chi connectivity index (χ2v) is 4.95. The van der Waals surface area contributed by atoms with Gasteiger partial charge in [0.15, 0.2) is 5.96 Å². The number of anilines is 1. The molecule has 0 unspecified atom stereocenters. The molecule has 0 heterocycles. The quantitative estimate of drug-likeness (QED) is 0.344. The standard InChI is InChI=1S/C13H21N3S.HI/c1-11-6-5-7-12(10-11)16-13(14)15-8-3-4-9-17-2;/h5-7,10H,3-4,8-9H2,1-2H3,(H3,14,15,16);1H. The number of guanidine groups is 1. The molecule has 3 N–H and O–H groups in total. The normalized spacial score (nSPS) is 10.9. The molecule has 0 radical (unpaired) electrons. The minimum atomic E-state index is 0. The fraction of sp³-hybridized carbons (Fsp3) is 0.462. The highest BCUT2D eigenvalue weighted by Crippen LogP contribution is 2.08. The predicted molar refractivity (Wildman–Crippen MR) is 94.3 cm³/mol. The van der Waals surface area contributed by atoms with Crippen LogP contribution >= 0.6 is 35.7 Å². The first kappa shape index (κ1) is 17.6. The molecule has 0 atom stereocenters. The molecule has 1 aromatic rings. The highest BCUT2D eigenvalue weighted by molar-refractivity contribution is 14.0. The molecule has 0 saturated carbocycles. The van der Waals surface area contributed by atoms with Crippen molar-refractivity contribution in [2.45, 2.75) is 19.8 Å². The van der Waals surface area contributed by atoms with Crippen molar-refractivity contribution in [2.24, 2.45) is 10.7 Å². The number of thioether (sulfide) groups is 1. The Kier molecular flexibility index (Phi) is 10.2. The number of nitrogens with one attached hydrogen (secondary N) is 1. The molecule has 5 heteroatoms. The highest BCUT2D eigenvalue weighted by Gasteiger charge is 1.94. The lowest BCUT2D eigenvalue weighted by Crippen LogP contribution is -2.22. The molecule has 0 aliphatic heterocycles. The van der Waals surface area contributed by atoms with Gasteiger partial charge in [-0.1, -0.05) is 12.1 Å². The number of aliphatic imine (C=N–C) groups is 1. The number of hydrogen-bond donors (Lipinski definition) is 2. The average Bonchev–Trinajstić information content (AvgIpc) is 2.29. The third-order valence-electron chi connectivity index (χ3n) is 2.33. The number of rotatable bonds is 6. The summed E-state index contributed by atoms with van der Waals surface area (Å²) in [4.78, 5) is 4.29. The molecule has 0 aromatic heterocycles. The highest BCUT2D eigenvalue weighted by atomic mass is 127. The monoisotopic (exact) mass is 379 g/mol. The SMILES string of the molecule is CSCCCCN=C(N)Nc1cccc(C)c1.I. The third-order valence-corrected chi connectivity index (χ3v) is 3.03. The number of benzene rings is 1. The topological polar surface area (TPSA) is 50.4 Å². The molecule has 1 rings (SSSR count). The Bertz CT molecular complexity index is 369. The van der Waals surface area contributed by atoms with Gasteiger partial charge in [-0.05, 0) is 49.5 Å². The van der Waals surface area contributed by atoms with Gasteiger partial charge in [0.25, 0.3) is 0 Å². The van der Waals surface area contributed by atoms with Crippen LogP contribution in [-0.4, -0.2) is 24.5 Å². The van der Waals surface area contributed by atoms with Crippen molar-refractivity contribution >= 4 is 47.4 Å². The fourth-order valence-corrected chi connectivity index (χ4v) is 1.96. The van der Waals surface area contributed by atoms with Crippen molar-refractivity contribution < 1.29 is 0 Å². The molecule has 102 valence electrons. The van der Waals surface area contributed by atoms with E-state index in [1.807, 2.05) is 23.9 Å². The Morgan fingerprint density at radius 2 is 2.17 bits per heavy atom. The Morgan fingerprint density at radius 1 is 1.39 bits per heavy atom. The smallest absolute Gasteiger partial charge is 0.193 e. The zero-order valence-electron chi connectivity index (χ0n) is 11.0. The number of nitrogens with zero attached hydrogens (tertiary/aromatic N) is 1. The van der Waals surface area contributed by atoms with Crippen LogP contribution in [0.1, 0.15) is 18.4 Å². The molecule has 1 aromatic carbocycles. The van der Waals surface area contributed by atoms with Crippen LogP contribution in [0.15, 0.2) is 29.3 Å². The van der Waals surface area contributed by atoms with Gasteiger partial charge in [0, 0.05) is 12.2 Å². The molecule has 0 bridgehead atoms. The molecule has 0 amide bonds. The van der Waals surface area contributed by atoms with Crippen molar-refractivity contribution in [1.29, 1.82) is 0 Å². The molecule has 18 heavy (non-hydrogen) atoms. The largest absolute Gasteiger partial charge is 0.370 e. The maximum atomic E-state index is 5.80. The lowest BCUT2D eigenvalue weighted by molar-refractivity contribution is 0.815. The van der Waals surface area contributed by atoms with Crippen LogP contribution in [0, 0.1) is 6.92 Å². The van der Waals surface area contributed by atoms with E-state index >= 15 is 0 Å². The van der Waals surface area contributed by atoms with Crippen molar-refractivity contribution in [3.8, 4) is 0 Å². The third kappa shape index (κ3) is 7.81. The van der Waals surface area contributed by atoms with E-state index < -0.39 is 0 Å². The summed E-state index contributed by atoms with van der Waals surface area (Å²) in [7, 11) is 0. The fourth-order valence-electron chi connectivity index (χ4n) is 1.47. The maximum absolute atomic E-state index is 5.80. The van der Waals surface area contributed by atoms with E-state index in [-0.39, 0.29) is 24.0 Å². The van der Waals surface area contributed by atoms with Crippen LogP contribution in [0.25, 0.3) is 0 Å². The number of hydrogen-bond acceptors (Lipinski definition) is 2. The van der Waals surface area contributed by atoms with Gasteiger partial charge in [-0.25, -0.2) is 0 Å². The molecular weight excluding hydrogens is 357 g/mol. The molecule has 3 nitrogen and oxygen atoms in total. The number of halogens is 1. The van der Waals surface area contributed by atoms with Gasteiger partial charge in [0.2, 0.25) is 0 Å². The lowest BCUT2D eigenvalue weighted by atomic mass is 10.2. The van der Waals surface area contributed by atoms with Gasteiger partial charge in [-0.2, -0.15) is 11.8 Å². The van der Waals surface area contributed by atoms with E-state index in [1.54, 1.807) is 0 Å². The summed E-state index contributed by atoms with van der Waals surface area (Å²) >= 11 is 1.87. The molecule has 0 aliphatic rings. The number of unbranched alkanes of at least 4 members (excludes halogenated alkanes) is 1. The zero-order valence-corrected chi connectivity index (χ0v) is 14.1. The second kappa shape index (κ2) is 10.5. The molecule has 0 spiro atoms. The first-order valence-corrected chi connectivity index (χ1v) is 7.24. The summed E-state index contributed by atoms with van der Waals surface area (Å²) in [5.41, 5.74) is 8.01. The van der Waals surface area contributed by atoms with E-state index in [9.17, 15) is 0 Å². The molecule has 0 aliphatic carbocycles. The van der Waals surface area contributed by atoms with E-state index in [1.165, 1.54) is 17.7 Å². The summed E-state index contributed by atoms with van der Waals surface area (Å²) in [6, 6.07) is 8.10. The first-order chi connectivity index (χ1) is 8.22. The van der Waals surface area contributed by atoms with E-state index in [4.69, 9.17) is 5.73 Å².